The first-order valence-corrected chi connectivity index (χ1v) is 4.61. The van der Waals surface area contributed by atoms with Crippen molar-refractivity contribution in [3.05, 3.63) is 63.1 Å². The van der Waals surface area contributed by atoms with Gasteiger partial charge in [-0.2, -0.15) is 0 Å². The Hall–Kier alpha value is -2.43. The summed E-state index contributed by atoms with van der Waals surface area (Å²) in [5, 5.41) is 10.8. The minimum Gasteiger partial charge on any atom is -0.323 e. The van der Waals surface area contributed by atoms with Gasteiger partial charge in [0.2, 0.25) is 5.56 Å². The van der Waals surface area contributed by atoms with Gasteiger partial charge in [-0.1, -0.05) is 30.3 Å². The molecule has 5 nitrogen and oxygen atoms in total. The lowest BCUT2D eigenvalue weighted by Gasteiger charge is -2.01. The molecule has 1 heterocycles. The number of H-pyrrole nitrogens is 1. The average molecular weight is 216 g/mol. The second kappa shape index (κ2) is 3.98. The summed E-state index contributed by atoms with van der Waals surface area (Å²) in [6, 6.07) is 10.0. The van der Waals surface area contributed by atoms with Crippen molar-refractivity contribution in [2.75, 3.05) is 0 Å². The van der Waals surface area contributed by atoms with Gasteiger partial charge < -0.3 is 4.98 Å². The molecule has 16 heavy (non-hydrogen) atoms. The highest BCUT2D eigenvalue weighted by Gasteiger charge is 2.15. The van der Waals surface area contributed by atoms with Gasteiger partial charge in [-0.25, -0.2) is 0 Å². The fourth-order valence-electron chi connectivity index (χ4n) is 1.46. The van der Waals surface area contributed by atoms with E-state index in [-0.39, 0.29) is 11.2 Å². The molecule has 80 valence electrons. The molecule has 0 saturated carbocycles. The zero-order valence-electron chi connectivity index (χ0n) is 8.21. The standard InChI is InChI=1S/C11H8N2O3/c14-11-6-9(8-4-2-1-3-5-8)10(7-12-11)13(15)16/h1-7H,(H,12,14). The van der Waals surface area contributed by atoms with E-state index in [4.69, 9.17) is 0 Å². The van der Waals surface area contributed by atoms with Gasteiger partial charge in [-0.15, -0.1) is 0 Å². The Kier molecular flexibility index (Phi) is 2.51. The van der Waals surface area contributed by atoms with Crippen molar-refractivity contribution in [3.8, 4) is 11.1 Å². The van der Waals surface area contributed by atoms with Gasteiger partial charge in [0.1, 0.15) is 0 Å². The molecule has 0 radical (unpaired) electrons. The van der Waals surface area contributed by atoms with Crippen LogP contribution in [0.3, 0.4) is 0 Å². The second-order valence-electron chi connectivity index (χ2n) is 3.22. The van der Waals surface area contributed by atoms with Crippen molar-refractivity contribution in [2.45, 2.75) is 0 Å². The van der Waals surface area contributed by atoms with Crippen LogP contribution in [-0.4, -0.2) is 9.91 Å². The molecule has 0 unspecified atom stereocenters. The molecule has 1 N–H and O–H groups in total. The smallest absolute Gasteiger partial charge is 0.293 e. The van der Waals surface area contributed by atoms with E-state index in [1.807, 2.05) is 6.07 Å². The van der Waals surface area contributed by atoms with Crippen LogP contribution in [0.15, 0.2) is 47.4 Å². The van der Waals surface area contributed by atoms with E-state index < -0.39 is 4.92 Å². The lowest BCUT2D eigenvalue weighted by atomic mass is 10.1. The van der Waals surface area contributed by atoms with E-state index in [2.05, 4.69) is 4.98 Å². The van der Waals surface area contributed by atoms with Gasteiger partial charge in [-0.3, -0.25) is 14.9 Å². The largest absolute Gasteiger partial charge is 0.323 e. The topological polar surface area (TPSA) is 76.0 Å². The number of nitrogens with one attached hydrogen (secondary N) is 1. The highest BCUT2D eigenvalue weighted by Crippen LogP contribution is 2.26. The minimum absolute atomic E-state index is 0.106. The van der Waals surface area contributed by atoms with E-state index in [0.717, 1.165) is 6.20 Å². The highest BCUT2D eigenvalue weighted by molar-refractivity contribution is 5.72. The minimum atomic E-state index is -0.516. The SMILES string of the molecule is O=c1cc(-c2ccccc2)c([N+](=O)[O-])c[nH]1. The Morgan fingerprint density at radius 2 is 1.88 bits per heavy atom. The summed E-state index contributed by atoms with van der Waals surface area (Å²) in [6.45, 7) is 0. The van der Waals surface area contributed by atoms with Gasteiger partial charge >= 0.3 is 0 Å². The lowest BCUT2D eigenvalue weighted by Crippen LogP contribution is -2.05. The van der Waals surface area contributed by atoms with Gasteiger partial charge in [0.05, 0.1) is 16.7 Å². The molecule has 0 aliphatic carbocycles. The lowest BCUT2D eigenvalue weighted by molar-refractivity contribution is -0.384. The van der Waals surface area contributed by atoms with Gasteiger partial charge in [0.25, 0.3) is 5.69 Å². The molecule has 0 atom stereocenters. The molecule has 0 aliphatic rings. The van der Waals surface area contributed by atoms with Crippen LogP contribution in [0.5, 0.6) is 0 Å². The zero-order chi connectivity index (χ0) is 11.5. The number of aromatic nitrogens is 1. The van der Waals surface area contributed by atoms with Crippen molar-refractivity contribution in [1.29, 1.82) is 0 Å². The van der Waals surface area contributed by atoms with E-state index in [0.29, 0.717) is 11.1 Å². The van der Waals surface area contributed by atoms with E-state index in [9.17, 15) is 14.9 Å². The summed E-state index contributed by atoms with van der Waals surface area (Å²) >= 11 is 0. The van der Waals surface area contributed by atoms with Crippen LogP contribution in [0.1, 0.15) is 0 Å². The highest BCUT2D eigenvalue weighted by atomic mass is 16.6. The van der Waals surface area contributed by atoms with Crippen LogP contribution in [0.2, 0.25) is 0 Å². The monoisotopic (exact) mass is 216 g/mol. The quantitative estimate of drug-likeness (QED) is 0.615. The van der Waals surface area contributed by atoms with Crippen LogP contribution in [0, 0.1) is 10.1 Å². The second-order valence-corrected chi connectivity index (χ2v) is 3.22. The third-order valence-corrected chi connectivity index (χ3v) is 2.18. The molecular weight excluding hydrogens is 208 g/mol. The summed E-state index contributed by atoms with van der Waals surface area (Å²) in [6.07, 6.45) is 1.12. The number of aromatic amines is 1. The van der Waals surface area contributed by atoms with Crippen molar-refractivity contribution in [3.63, 3.8) is 0 Å². The predicted molar refractivity (Wildman–Crippen MR) is 59.2 cm³/mol. The third kappa shape index (κ3) is 1.83. The Morgan fingerprint density at radius 3 is 2.50 bits per heavy atom. The zero-order valence-corrected chi connectivity index (χ0v) is 8.21. The van der Waals surface area contributed by atoms with Crippen molar-refractivity contribution in [2.24, 2.45) is 0 Å². The number of benzene rings is 1. The van der Waals surface area contributed by atoms with Crippen molar-refractivity contribution in [1.82, 2.24) is 4.98 Å². The summed E-state index contributed by atoms with van der Waals surface area (Å²) < 4.78 is 0. The van der Waals surface area contributed by atoms with E-state index >= 15 is 0 Å². The average Bonchev–Trinajstić information content (AvgIpc) is 2.29. The van der Waals surface area contributed by atoms with Crippen LogP contribution in [-0.2, 0) is 0 Å². The molecule has 5 heteroatoms. The maximum Gasteiger partial charge on any atom is 0.293 e. The summed E-state index contributed by atoms with van der Waals surface area (Å²) in [5.74, 6) is 0. The normalized spacial score (nSPS) is 10.0. The summed E-state index contributed by atoms with van der Waals surface area (Å²) in [4.78, 5) is 23.7. The molecule has 0 fully saturated rings. The number of hydrogen-bond donors (Lipinski definition) is 1. The van der Waals surface area contributed by atoms with Gasteiger partial charge in [0, 0.05) is 6.07 Å². The van der Waals surface area contributed by atoms with Crippen LogP contribution < -0.4 is 5.56 Å². The number of pyridine rings is 1. The molecule has 0 amide bonds. The molecule has 1 aromatic heterocycles. The molecule has 0 aliphatic heterocycles. The maximum atomic E-state index is 11.2. The fraction of sp³-hybridized carbons (Fsp3) is 0. The van der Waals surface area contributed by atoms with Gasteiger partial charge in [0.15, 0.2) is 0 Å². The Labute approximate surface area is 90.5 Å². The van der Waals surface area contributed by atoms with Crippen LogP contribution in [0.4, 0.5) is 5.69 Å². The Bertz CT molecular complexity index is 575. The van der Waals surface area contributed by atoms with Crippen LogP contribution >= 0.6 is 0 Å². The summed E-state index contributed by atoms with van der Waals surface area (Å²) in [7, 11) is 0. The number of nitro groups is 1. The number of hydrogen-bond acceptors (Lipinski definition) is 3. The Morgan fingerprint density at radius 1 is 1.19 bits per heavy atom. The first-order chi connectivity index (χ1) is 7.68. The number of nitrogens with zero attached hydrogens (tertiary/aromatic N) is 1. The summed E-state index contributed by atoms with van der Waals surface area (Å²) in [5.41, 5.74) is 0.518. The Balaban J connectivity index is 2.68. The van der Waals surface area contributed by atoms with E-state index in [1.54, 1.807) is 24.3 Å². The third-order valence-electron chi connectivity index (χ3n) is 2.18. The van der Waals surface area contributed by atoms with E-state index in [1.165, 1.54) is 6.07 Å². The predicted octanol–water partition coefficient (Wildman–Crippen LogP) is 1.95. The molecule has 2 rings (SSSR count). The molecular formula is C11H8N2O3. The fourth-order valence-corrected chi connectivity index (χ4v) is 1.46. The molecule has 0 saturated heterocycles. The maximum absolute atomic E-state index is 11.2. The van der Waals surface area contributed by atoms with Crippen molar-refractivity contribution >= 4 is 5.69 Å². The van der Waals surface area contributed by atoms with Gasteiger partial charge in [-0.05, 0) is 5.56 Å². The van der Waals surface area contributed by atoms with Crippen LogP contribution in [0.25, 0.3) is 11.1 Å². The number of rotatable bonds is 2. The molecule has 0 bridgehead atoms. The first kappa shape index (κ1) is 10.1. The molecule has 1 aromatic carbocycles. The first-order valence-electron chi connectivity index (χ1n) is 4.61. The molecule has 2 aromatic rings. The molecule has 0 spiro atoms. The van der Waals surface area contributed by atoms with Crippen molar-refractivity contribution < 1.29 is 4.92 Å².